The maximum absolute atomic E-state index is 11.7. The zero-order chi connectivity index (χ0) is 13.3. The van der Waals surface area contributed by atoms with Crippen LogP contribution in [-0.4, -0.2) is 19.0 Å². The van der Waals surface area contributed by atoms with E-state index in [0.717, 1.165) is 32.4 Å². The number of rotatable bonds is 8. The van der Waals surface area contributed by atoms with Crippen molar-refractivity contribution in [1.82, 2.24) is 5.32 Å². The summed E-state index contributed by atoms with van der Waals surface area (Å²) in [5.74, 6) is 0.603. The standard InChI is InChI=1S/C14H30N2O/c1-12(14(2,3)4)11-13(17)16-10-8-6-5-7-9-15/h12H,5-11,15H2,1-4H3,(H,16,17). The molecule has 0 radical (unpaired) electrons. The Morgan fingerprint density at radius 2 is 1.76 bits per heavy atom. The molecule has 0 aromatic heterocycles. The highest BCUT2D eigenvalue weighted by atomic mass is 16.1. The van der Waals surface area contributed by atoms with Crippen molar-refractivity contribution >= 4 is 5.91 Å². The van der Waals surface area contributed by atoms with Gasteiger partial charge in [0.05, 0.1) is 0 Å². The maximum atomic E-state index is 11.7. The molecule has 0 saturated carbocycles. The van der Waals surface area contributed by atoms with Gasteiger partial charge in [0.15, 0.2) is 0 Å². The Hall–Kier alpha value is -0.570. The van der Waals surface area contributed by atoms with Crippen molar-refractivity contribution < 1.29 is 4.79 Å². The lowest BCUT2D eigenvalue weighted by Gasteiger charge is -2.26. The van der Waals surface area contributed by atoms with Gasteiger partial charge in [0.2, 0.25) is 5.91 Å². The third-order valence-corrected chi connectivity index (χ3v) is 3.42. The van der Waals surface area contributed by atoms with E-state index in [-0.39, 0.29) is 11.3 Å². The fourth-order valence-electron chi connectivity index (χ4n) is 1.51. The van der Waals surface area contributed by atoms with E-state index in [2.05, 4.69) is 33.0 Å². The molecule has 0 aliphatic heterocycles. The number of amides is 1. The molecule has 17 heavy (non-hydrogen) atoms. The molecule has 0 fully saturated rings. The highest BCUT2D eigenvalue weighted by Crippen LogP contribution is 2.27. The predicted molar refractivity (Wildman–Crippen MR) is 73.8 cm³/mol. The summed E-state index contributed by atoms with van der Waals surface area (Å²) in [6.07, 6.45) is 5.12. The van der Waals surface area contributed by atoms with Crippen molar-refractivity contribution in [2.75, 3.05) is 13.1 Å². The topological polar surface area (TPSA) is 55.1 Å². The van der Waals surface area contributed by atoms with Crippen LogP contribution in [0, 0.1) is 11.3 Å². The number of hydrogen-bond acceptors (Lipinski definition) is 2. The van der Waals surface area contributed by atoms with Crippen molar-refractivity contribution in [2.24, 2.45) is 17.1 Å². The molecule has 1 atom stereocenters. The van der Waals surface area contributed by atoms with Crippen LogP contribution in [0.3, 0.4) is 0 Å². The largest absolute Gasteiger partial charge is 0.356 e. The molecule has 0 heterocycles. The van der Waals surface area contributed by atoms with Gasteiger partial charge in [-0.15, -0.1) is 0 Å². The minimum Gasteiger partial charge on any atom is -0.356 e. The summed E-state index contributed by atoms with van der Waals surface area (Å²) >= 11 is 0. The number of carbonyl (C=O) groups is 1. The van der Waals surface area contributed by atoms with E-state index in [1.807, 2.05) is 0 Å². The van der Waals surface area contributed by atoms with Crippen molar-refractivity contribution in [2.45, 2.75) is 59.8 Å². The number of carbonyl (C=O) groups excluding carboxylic acids is 1. The summed E-state index contributed by atoms with van der Waals surface area (Å²) < 4.78 is 0. The first kappa shape index (κ1) is 16.4. The SMILES string of the molecule is CC(CC(=O)NCCCCCCN)C(C)(C)C. The van der Waals surface area contributed by atoms with Crippen LogP contribution in [-0.2, 0) is 4.79 Å². The Labute approximate surface area is 107 Å². The third kappa shape index (κ3) is 9.16. The number of unbranched alkanes of at least 4 members (excludes halogenated alkanes) is 3. The second-order valence-electron chi connectivity index (χ2n) is 6.02. The molecule has 0 bridgehead atoms. The summed E-state index contributed by atoms with van der Waals surface area (Å²) in [5, 5.41) is 2.99. The van der Waals surface area contributed by atoms with Gasteiger partial charge in [-0.3, -0.25) is 4.79 Å². The van der Waals surface area contributed by atoms with Crippen LogP contribution in [0.1, 0.15) is 59.8 Å². The quantitative estimate of drug-likeness (QED) is 0.643. The molecule has 0 aliphatic rings. The van der Waals surface area contributed by atoms with Gasteiger partial charge in [0.25, 0.3) is 0 Å². The second kappa shape index (κ2) is 8.51. The highest BCUT2D eigenvalue weighted by Gasteiger charge is 2.22. The van der Waals surface area contributed by atoms with E-state index in [0.29, 0.717) is 12.3 Å². The van der Waals surface area contributed by atoms with Crippen molar-refractivity contribution in [3.05, 3.63) is 0 Å². The molecular formula is C14H30N2O. The summed E-state index contributed by atoms with van der Waals surface area (Å²) in [6, 6.07) is 0. The Bertz CT molecular complexity index is 209. The average Bonchev–Trinajstić information content (AvgIpc) is 2.21. The molecule has 3 nitrogen and oxygen atoms in total. The molecule has 0 saturated heterocycles. The van der Waals surface area contributed by atoms with Gasteiger partial charge in [-0.2, -0.15) is 0 Å². The van der Waals surface area contributed by atoms with Crippen LogP contribution in [0.5, 0.6) is 0 Å². The van der Waals surface area contributed by atoms with Crippen LogP contribution < -0.4 is 11.1 Å². The fourth-order valence-corrected chi connectivity index (χ4v) is 1.51. The van der Waals surface area contributed by atoms with E-state index in [4.69, 9.17) is 5.73 Å². The first-order chi connectivity index (χ1) is 7.88. The monoisotopic (exact) mass is 242 g/mol. The Morgan fingerprint density at radius 1 is 1.18 bits per heavy atom. The molecule has 0 spiro atoms. The summed E-state index contributed by atoms with van der Waals surface area (Å²) in [4.78, 5) is 11.7. The molecule has 0 aromatic rings. The van der Waals surface area contributed by atoms with Crippen molar-refractivity contribution in [1.29, 1.82) is 0 Å². The molecular weight excluding hydrogens is 212 g/mol. The van der Waals surface area contributed by atoms with E-state index in [1.165, 1.54) is 6.42 Å². The first-order valence-corrected chi connectivity index (χ1v) is 6.84. The molecule has 3 heteroatoms. The molecule has 1 amide bonds. The maximum Gasteiger partial charge on any atom is 0.220 e. The summed E-state index contributed by atoms with van der Waals surface area (Å²) in [7, 11) is 0. The fraction of sp³-hybridized carbons (Fsp3) is 0.929. The Kier molecular flexibility index (Phi) is 8.23. The molecule has 0 aromatic carbocycles. The normalized spacial score (nSPS) is 13.5. The van der Waals surface area contributed by atoms with Crippen LogP contribution in [0.4, 0.5) is 0 Å². The lowest BCUT2D eigenvalue weighted by Crippen LogP contribution is -2.29. The number of hydrogen-bond donors (Lipinski definition) is 2. The molecule has 1 unspecified atom stereocenters. The van der Waals surface area contributed by atoms with Gasteiger partial charge >= 0.3 is 0 Å². The Balaban J connectivity index is 3.53. The van der Waals surface area contributed by atoms with Crippen LogP contribution in [0.2, 0.25) is 0 Å². The van der Waals surface area contributed by atoms with Gasteiger partial charge < -0.3 is 11.1 Å². The molecule has 0 aliphatic carbocycles. The van der Waals surface area contributed by atoms with Gasteiger partial charge in [0.1, 0.15) is 0 Å². The van der Waals surface area contributed by atoms with Gasteiger partial charge in [-0.05, 0) is 30.7 Å². The predicted octanol–water partition coefficient (Wildman–Crippen LogP) is 2.69. The van der Waals surface area contributed by atoms with Crippen molar-refractivity contribution in [3.63, 3.8) is 0 Å². The van der Waals surface area contributed by atoms with E-state index < -0.39 is 0 Å². The van der Waals surface area contributed by atoms with Gasteiger partial charge in [0, 0.05) is 13.0 Å². The molecule has 102 valence electrons. The third-order valence-electron chi connectivity index (χ3n) is 3.42. The highest BCUT2D eigenvalue weighted by molar-refractivity contribution is 5.76. The first-order valence-electron chi connectivity index (χ1n) is 6.84. The number of nitrogens with one attached hydrogen (secondary N) is 1. The molecule has 0 rings (SSSR count). The van der Waals surface area contributed by atoms with Crippen molar-refractivity contribution in [3.8, 4) is 0 Å². The minimum atomic E-state index is 0.186. The molecule has 3 N–H and O–H groups in total. The van der Waals surface area contributed by atoms with Crippen LogP contribution in [0.15, 0.2) is 0 Å². The van der Waals surface area contributed by atoms with E-state index >= 15 is 0 Å². The lowest BCUT2D eigenvalue weighted by atomic mass is 9.80. The van der Waals surface area contributed by atoms with Crippen LogP contribution >= 0.6 is 0 Å². The summed E-state index contributed by atoms with van der Waals surface area (Å²) in [5.41, 5.74) is 5.62. The second-order valence-corrected chi connectivity index (χ2v) is 6.02. The van der Waals surface area contributed by atoms with Gasteiger partial charge in [-0.1, -0.05) is 40.5 Å². The minimum absolute atomic E-state index is 0.186. The smallest absolute Gasteiger partial charge is 0.220 e. The Morgan fingerprint density at radius 3 is 2.29 bits per heavy atom. The zero-order valence-corrected chi connectivity index (χ0v) is 12.0. The van der Waals surface area contributed by atoms with Crippen LogP contribution in [0.25, 0.3) is 0 Å². The number of nitrogens with two attached hydrogens (primary N) is 1. The zero-order valence-electron chi connectivity index (χ0n) is 12.0. The summed E-state index contributed by atoms with van der Waals surface area (Å²) in [6.45, 7) is 10.3. The average molecular weight is 242 g/mol. The van der Waals surface area contributed by atoms with Gasteiger partial charge in [-0.25, -0.2) is 0 Å². The van der Waals surface area contributed by atoms with E-state index in [9.17, 15) is 4.79 Å². The lowest BCUT2D eigenvalue weighted by molar-refractivity contribution is -0.122. The van der Waals surface area contributed by atoms with E-state index in [1.54, 1.807) is 0 Å².